The summed E-state index contributed by atoms with van der Waals surface area (Å²) in [5.74, 6) is 0.202. The molecule has 0 spiro atoms. The number of Topliss-reactive ketones (excluding diaryl/α,β-unsaturated/α-hetero) is 1. The Kier molecular flexibility index (Phi) is 4.03. The van der Waals surface area contributed by atoms with E-state index in [2.05, 4.69) is 41.3 Å². The highest BCUT2D eigenvalue weighted by Crippen LogP contribution is 2.50. The summed E-state index contributed by atoms with van der Waals surface area (Å²) in [7, 11) is 0. The van der Waals surface area contributed by atoms with Crippen molar-refractivity contribution in [2.45, 2.75) is 30.7 Å². The summed E-state index contributed by atoms with van der Waals surface area (Å²) < 4.78 is 1.15. The van der Waals surface area contributed by atoms with E-state index in [4.69, 9.17) is 4.98 Å². The highest BCUT2D eigenvalue weighted by Gasteiger charge is 2.56. The van der Waals surface area contributed by atoms with Gasteiger partial charge in [0.1, 0.15) is 10.4 Å². The first-order valence-electron chi connectivity index (χ1n) is 10.6. The van der Waals surface area contributed by atoms with Crippen LogP contribution >= 0.6 is 11.3 Å². The lowest BCUT2D eigenvalue weighted by Crippen LogP contribution is -2.57. The number of benzene rings is 3. The van der Waals surface area contributed by atoms with E-state index in [1.165, 1.54) is 11.3 Å². The van der Waals surface area contributed by atoms with Crippen molar-refractivity contribution >= 4 is 33.0 Å². The molecule has 2 aliphatic rings. The number of carbonyl (C=O) groups is 1. The minimum absolute atomic E-state index is 0.140. The summed E-state index contributed by atoms with van der Waals surface area (Å²) in [6, 6.07) is 26.8. The van der Waals surface area contributed by atoms with Crippen LogP contribution in [0.5, 0.6) is 0 Å². The van der Waals surface area contributed by atoms with E-state index in [0.29, 0.717) is 6.42 Å². The summed E-state index contributed by atoms with van der Waals surface area (Å²) in [6.45, 7) is 0.996. The Bertz CT molecular complexity index is 1220. The second kappa shape index (κ2) is 6.78. The molecular formula is C26H22N2OS. The molecule has 1 saturated heterocycles. The van der Waals surface area contributed by atoms with Gasteiger partial charge in [0.15, 0.2) is 5.78 Å². The molecule has 0 aliphatic carbocycles. The van der Waals surface area contributed by atoms with E-state index in [1.54, 1.807) is 11.3 Å². The SMILES string of the molecule is O=C(c1ccccc1)[C@@]1(c2nc3ccccc3s2)Cc2ccccc2N2CCC[C@@H]21. The van der Waals surface area contributed by atoms with Crippen LogP contribution in [0.4, 0.5) is 5.69 Å². The highest BCUT2D eigenvalue weighted by molar-refractivity contribution is 7.18. The third kappa shape index (κ3) is 2.50. The monoisotopic (exact) mass is 410 g/mol. The molecule has 6 rings (SSSR count). The maximum Gasteiger partial charge on any atom is 0.178 e. The van der Waals surface area contributed by atoms with Crippen LogP contribution in [0.25, 0.3) is 10.2 Å². The van der Waals surface area contributed by atoms with Gasteiger partial charge in [0.2, 0.25) is 0 Å². The standard InChI is InChI=1S/C26H22N2OS/c29-24(18-9-2-1-3-10-18)26(25-27-20-12-5-7-14-22(20)30-25)17-19-11-4-6-13-21(19)28-16-8-15-23(26)28/h1-7,9-14,23H,8,15-17H2/t23-,26-/m1/s1. The lowest BCUT2D eigenvalue weighted by atomic mass is 9.67. The van der Waals surface area contributed by atoms with Crippen molar-refractivity contribution in [1.29, 1.82) is 0 Å². The Labute approximate surface area is 180 Å². The van der Waals surface area contributed by atoms with Crippen molar-refractivity contribution in [3.8, 4) is 0 Å². The zero-order valence-corrected chi connectivity index (χ0v) is 17.4. The molecule has 1 fully saturated rings. The van der Waals surface area contributed by atoms with Crippen LogP contribution in [0.15, 0.2) is 78.9 Å². The number of hydrogen-bond acceptors (Lipinski definition) is 4. The minimum Gasteiger partial charge on any atom is -0.367 e. The van der Waals surface area contributed by atoms with E-state index < -0.39 is 5.41 Å². The molecule has 0 bridgehead atoms. The Morgan fingerprint density at radius 3 is 2.60 bits per heavy atom. The van der Waals surface area contributed by atoms with E-state index in [0.717, 1.165) is 40.2 Å². The van der Waals surface area contributed by atoms with Crippen LogP contribution in [-0.2, 0) is 11.8 Å². The lowest BCUT2D eigenvalue weighted by molar-refractivity contribution is 0.0849. The van der Waals surface area contributed by atoms with Gasteiger partial charge < -0.3 is 4.90 Å². The number of ketones is 1. The van der Waals surface area contributed by atoms with E-state index in [-0.39, 0.29) is 11.8 Å². The van der Waals surface area contributed by atoms with Crippen LogP contribution in [0, 0.1) is 0 Å². The summed E-state index contributed by atoms with van der Waals surface area (Å²) in [4.78, 5) is 21.8. The third-order valence-corrected chi connectivity index (χ3v) is 7.92. The molecule has 0 unspecified atom stereocenters. The number of carbonyl (C=O) groups excluding carboxylic acids is 1. The molecule has 2 atom stereocenters. The number of rotatable bonds is 3. The molecule has 4 heteroatoms. The molecule has 148 valence electrons. The van der Waals surface area contributed by atoms with Gasteiger partial charge in [0.25, 0.3) is 0 Å². The number of hydrogen-bond donors (Lipinski definition) is 0. The third-order valence-electron chi connectivity index (χ3n) is 6.71. The van der Waals surface area contributed by atoms with E-state index in [1.807, 2.05) is 42.5 Å². The Morgan fingerprint density at radius 2 is 1.73 bits per heavy atom. The fraction of sp³-hybridized carbons (Fsp3) is 0.231. The van der Waals surface area contributed by atoms with Gasteiger partial charge in [0.05, 0.1) is 10.2 Å². The summed E-state index contributed by atoms with van der Waals surface area (Å²) >= 11 is 1.69. The van der Waals surface area contributed by atoms with Crippen molar-refractivity contribution < 1.29 is 4.79 Å². The van der Waals surface area contributed by atoms with Gasteiger partial charge in [-0.15, -0.1) is 11.3 Å². The Morgan fingerprint density at radius 1 is 0.967 bits per heavy atom. The van der Waals surface area contributed by atoms with Gasteiger partial charge in [0, 0.05) is 23.8 Å². The smallest absolute Gasteiger partial charge is 0.178 e. The van der Waals surface area contributed by atoms with Crippen molar-refractivity contribution in [1.82, 2.24) is 4.98 Å². The van der Waals surface area contributed by atoms with Crippen LogP contribution < -0.4 is 4.90 Å². The fourth-order valence-corrected chi connectivity index (χ4v) is 6.58. The normalized spacial score (nSPS) is 22.7. The van der Waals surface area contributed by atoms with E-state index >= 15 is 0 Å². The molecular weight excluding hydrogens is 388 g/mol. The van der Waals surface area contributed by atoms with Crippen LogP contribution in [-0.4, -0.2) is 23.4 Å². The maximum absolute atomic E-state index is 14.3. The van der Waals surface area contributed by atoms with Gasteiger partial charge in [-0.3, -0.25) is 4.79 Å². The van der Waals surface area contributed by atoms with E-state index in [9.17, 15) is 4.79 Å². The maximum atomic E-state index is 14.3. The molecule has 0 N–H and O–H groups in total. The average molecular weight is 411 g/mol. The molecule has 3 nitrogen and oxygen atoms in total. The van der Waals surface area contributed by atoms with Gasteiger partial charge in [-0.1, -0.05) is 60.7 Å². The molecule has 30 heavy (non-hydrogen) atoms. The van der Waals surface area contributed by atoms with Crippen LogP contribution in [0.2, 0.25) is 0 Å². The van der Waals surface area contributed by atoms with Gasteiger partial charge in [-0.25, -0.2) is 4.98 Å². The summed E-state index contributed by atoms with van der Waals surface area (Å²) in [5.41, 5.74) is 3.65. The summed E-state index contributed by atoms with van der Waals surface area (Å²) in [5, 5.41) is 0.962. The molecule has 4 aromatic rings. The molecule has 0 radical (unpaired) electrons. The van der Waals surface area contributed by atoms with Crippen molar-refractivity contribution in [3.05, 3.63) is 95.0 Å². The zero-order chi connectivity index (χ0) is 20.1. The second-order valence-corrected chi connectivity index (χ2v) is 9.34. The largest absolute Gasteiger partial charge is 0.367 e. The zero-order valence-electron chi connectivity index (χ0n) is 16.6. The number of para-hydroxylation sites is 2. The van der Waals surface area contributed by atoms with Crippen molar-refractivity contribution in [3.63, 3.8) is 0 Å². The number of fused-ring (bicyclic) bond motifs is 4. The van der Waals surface area contributed by atoms with Gasteiger partial charge >= 0.3 is 0 Å². The first-order valence-corrected chi connectivity index (χ1v) is 11.4. The lowest BCUT2D eigenvalue weighted by Gasteiger charge is -2.46. The average Bonchev–Trinajstić information content (AvgIpc) is 3.46. The van der Waals surface area contributed by atoms with Crippen molar-refractivity contribution in [2.75, 3.05) is 11.4 Å². The van der Waals surface area contributed by atoms with Crippen LogP contribution in [0.3, 0.4) is 0 Å². The number of aromatic nitrogens is 1. The Balaban J connectivity index is 1.63. The molecule has 3 heterocycles. The second-order valence-electron chi connectivity index (χ2n) is 8.31. The molecule has 2 aliphatic heterocycles. The molecule has 3 aromatic carbocycles. The molecule has 0 amide bonds. The van der Waals surface area contributed by atoms with Crippen molar-refractivity contribution in [2.24, 2.45) is 0 Å². The molecule has 0 saturated carbocycles. The predicted molar refractivity (Wildman–Crippen MR) is 123 cm³/mol. The Hall–Kier alpha value is -2.98. The predicted octanol–water partition coefficient (Wildman–Crippen LogP) is 5.64. The van der Waals surface area contributed by atoms with Gasteiger partial charge in [-0.2, -0.15) is 0 Å². The van der Waals surface area contributed by atoms with Gasteiger partial charge in [-0.05, 0) is 43.0 Å². The van der Waals surface area contributed by atoms with Crippen LogP contribution in [0.1, 0.15) is 33.8 Å². The topological polar surface area (TPSA) is 33.2 Å². The molecule has 1 aromatic heterocycles. The first-order chi connectivity index (χ1) is 14.8. The number of anilines is 1. The first kappa shape index (κ1) is 17.8. The fourth-order valence-electron chi connectivity index (χ4n) is 5.38. The number of thiazole rings is 1. The quantitative estimate of drug-likeness (QED) is 0.410. The highest BCUT2D eigenvalue weighted by atomic mass is 32.1. The number of nitrogens with zero attached hydrogens (tertiary/aromatic N) is 2. The summed E-state index contributed by atoms with van der Waals surface area (Å²) in [6.07, 6.45) is 2.83. The minimum atomic E-state index is -0.657.